The van der Waals surface area contributed by atoms with Crippen LogP contribution in [0.4, 0.5) is 29.3 Å². The van der Waals surface area contributed by atoms with Crippen LogP contribution in [0.1, 0.15) is 53.0 Å². The fraction of sp³-hybridized carbons (Fsp3) is 0.567. The highest BCUT2D eigenvalue weighted by Crippen LogP contribution is 2.49. The lowest BCUT2D eigenvalue weighted by atomic mass is 10.1. The maximum Gasteiger partial charge on any atom is 0.416 e. The normalized spacial score (nSPS) is 16.5. The van der Waals surface area contributed by atoms with Gasteiger partial charge in [0.2, 0.25) is 0 Å². The number of para-hydroxylation sites is 1. The van der Waals surface area contributed by atoms with Crippen molar-refractivity contribution >= 4 is 29.2 Å². The Labute approximate surface area is 239 Å². The molecule has 0 unspecified atom stereocenters. The molecule has 0 radical (unpaired) electrons. The number of ether oxygens (including phenoxy) is 2. The van der Waals surface area contributed by atoms with E-state index in [4.69, 9.17) is 9.47 Å². The van der Waals surface area contributed by atoms with Crippen LogP contribution in [0, 0.1) is 0 Å². The Morgan fingerprint density at radius 3 is 2.25 bits per heavy atom. The number of hydrogen-bond acceptors (Lipinski definition) is 6. The lowest BCUT2D eigenvalue weighted by molar-refractivity contribution is -0.137. The Morgan fingerprint density at radius 1 is 0.900 bits per heavy atom. The zero-order valence-electron chi connectivity index (χ0n) is 24.0. The average molecular weight is 580 g/mol. The number of halogens is 3. The predicted octanol–water partition coefficient (Wildman–Crippen LogP) is 7.44. The van der Waals surface area contributed by atoms with E-state index in [1.165, 1.54) is 17.8 Å². The van der Waals surface area contributed by atoms with E-state index in [1.807, 2.05) is 63.8 Å². The Hall–Kier alpha value is -2.43. The van der Waals surface area contributed by atoms with E-state index >= 15 is 0 Å². The zero-order valence-corrected chi connectivity index (χ0v) is 24.8. The van der Waals surface area contributed by atoms with Crippen molar-refractivity contribution in [3.63, 3.8) is 0 Å². The Kier molecular flexibility index (Phi) is 9.31. The van der Waals surface area contributed by atoms with Gasteiger partial charge in [-0.05, 0) is 77.9 Å². The minimum atomic E-state index is -4.39. The third-order valence-corrected chi connectivity index (χ3v) is 8.17. The summed E-state index contributed by atoms with van der Waals surface area (Å²) in [6, 6.07) is 11.8. The topological polar surface area (TPSA) is 45.3 Å². The summed E-state index contributed by atoms with van der Waals surface area (Å²) in [5.74, 6) is 0. The van der Waals surface area contributed by atoms with Gasteiger partial charge in [0.15, 0.2) is 0 Å². The molecule has 1 fully saturated rings. The quantitative estimate of drug-likeness (QED) is 0.324. The molecule has 0 bridgehead atoms. The minimum absolute atomic E-state index is 0.234. The number of benzene rings is 2. The van der Waals surface area contributed by atoms with Gasteiger partial charge in [0.05, 0.1) is 29.1 Å². The summed E-state index contributed by atoms with van der Waals surface area (Å²) < 4.78 is 52.0. The molecule has 2 aliphatic rings. The molecule has 2 heterocycles. The molecule has 0 saturated carbocycles. The molecule has 0 spiro atoms. The van der Waals surface area contributed by atoms with Gasteiger partial charge in [-0.1, -0.05) is 23.9 Å². The number of rotatable bonds is 8. The van der Waals surface area contributed by atoms with Crippen molar-refractivity contribution in [2.75, 3.05) is 50.8 Å². The van der Waals surface area contributed by atoms with E-state index < -0.39 is 17.3 Å². The summed E-state index contributed by atoms with van der Waals surface area (Å²) in [5.41, 5.74) is 0.0422. The highest BCUT2D eigenvalue weighted by Gasteiger charge is 2.33. The largest absolute Gasteiger partial charge is 0.443 e. The number of alkyl halides is 3. The molecule has 1 saturated heterocycles. The fourth-order valence-corrected chi connectivity index (χ4v) is 5.88. The molecule has 10 heteroatoms. The van der Waals surface area contributed by atoms with Crippen molar-refractivity contribution in [2.24, 2.45) is 0 Å². The van der Waals surface area contributed by atoms with E-state index in [-0.39, 0.29) is 11.7 Å². The van der Waals surface area contributed by atoms with Gasteiger partial charge >= 0.3 is 12.3 Å². The number of amides is 1. The molecule has 1 amide bonds. The smallest absolute Gasteiger partial charge is 0.416 e. The molecule has 6 nitrogen and oxygen atoms in total. The number of piperazine rings is 1. The monoisotopic (exact) mass is 579 g/mol. The predicted molar refractivity (Wildman–Crippen MR) is 153 cm³/mol. The van der Waals surface area contributed by atoms with Crippen molar-refractivity contribution in [3.05, 3.63) is 48.0 Å². The van der Waals surface area contributed by atoms with Crippen molar-refractivity contribution in [3.8, 4) is 0 Å². The second-order valence-electron chi connectivity index (χ2n) is 11.9. The number of hydrogen-bond donors (Lipinski definition) is 0. The van der Waals surface area contributed by atoms with Crippen molar-refractivity contribution < 1.29 is 27.4 Å². The number of carbonyl (C=O) groups is 1. The number of fused-ring (bicyclic) bond motifs is 2. The van der Waals surface area contributed by atoms with Gasteiger partial charge in [0, 0.05) is 48.9 Å². The van der Waals surface area contributed by atoms with Crippen LogP contribution < -0.4 is 4.90 Å². The van der Waals surface area contributed by atoms with E-state index in [1.54, 1.807) is 11.0 Å². The maximum absolute atomic E-state index is 13.5. The highest BCUT2D eigenvalue weighted by atomic mass is 32.2. The van der Waals surface area contributed by atoms with Crippen LogP contribution in [0.2, 0.25) is 0 Å². The molecule has 0 aliphatic carbocycles. The van der Waals surface area contributed by atoms with E-state index in [2.05, 4.69) is 4.90 Å². The van der Waals surface area contributed by atoms with E-state index in [0.717, 1.165) is 47.6 Å². The molecule has 2 aliphatic heterocycles. The van der Waals surface area contributed by atoms with Gasteiger partial charge < -0.3 is 19.3 Å². The third kappa shape index (κ3) is 8.07. The van der Waals surface area contributed by atoms with E-state index in [9.17, 15) is 18.0 Å². The van der Waals surface area contributed by atoms with Crippen LogP contribution >= 0.6 is 11.8 Å². The van der Waals surface area contributed by atoms with Crippen molar-refractivity contribution in [2.45, 2.75) is 74.6 Å². The van der Waals surface area contributed by atoms with Gasteiger partial charge in [-0.25, -0.2) is 4.79 Å². The minimum Gasteiger partial charge on any atom is -0.443 e. The van der Waals surface area contributed by atoms with E-state index in [0.29, 0.717) is 38.3 Å². The molecular weight excluding hydrogens is 539 g/mol. The summed E-state index contributed by atoms with van der Waals surface area (Å²) >= 11 is 1.50. The fourth-order valence-electron chi connectivity index (χ4n) is 4.81. The lowest BCUT2D eigenvalue weighted by Gasteiger charge is -2.37. The summed E-state index contributed by atoms with van der Waals surface area (Å²) in [6.07, 6.45) is -3.31. The molecule has 2 aromatic rings. The van der Waals surface area contributed by atoms with Gasteiger partial charge in [-0.3, -0.25) is 4.90 Å². The molecule has 0 N–H and O–H groups in total. The second kappa shape index (κ2) is 12.2. The van der Waals surface area contributed by atoms with Crippen LogP contribution in [0.25, 0.3) is 0 Å². The number of carbonyl (C=O) groups excluding carboxylic acids is 1. The molecular formula is C30H40F3N3O3S. The Bertz CT molecular complexity index is 1170. The first-order valence-electron chi connectivity index (χ1n) is 13.8. The van der Waals surface area contributed by atoms with Crippen LogP contribution in [-0.4, -0.2) is 73.0 Å². The molecule has 220 valence electrons. The van der Waals surface area contributed by atoms with Crippen molar-refractivity contribution in [1.29, 1.82) is 0 Å². The summed E-state index contributed by atoms with van der Waals surface area (Å²) in [4.78, 5) is 20.7. The van der Waals surface area contributed by atoms with Crippen LogP contribution in [0.5, 0.6) is 0 Å². The first kappa shape index (κ1) is 30.5. The standard InChI is InChI=1S/C30H40F3N3O3S/c1-28(2,3)38-20-13-29(4,5)39-27(37)35-18-16-34(17-19-35)14-8-15-36-23-9-6-7-10-25(23)40-26-12-11-22(21-24(26)36)30(31,32)33/h6-7,9-12,21H,8,13-20H2,1-5H3. The van der Waals surface area contributed by atoms with Gasteiger partial charge in [0.1, 0.15) is 5.60 Å². The molecule has 4 rings (SSSR count). The highest BCUT2D eigenvalue weighted by molar-refractivity contribution is 7.99. The zero-order chi connectivity index (χ0) is 29.1. The van der Waals surface area contributed by atoms with Crippen molar-refractivity contribution in [1.82, 2.24) is 9.80 Å². The van der Waals surface area contributed by atoms with Gasteiger partial charge in [-0.2, -0.15) is 13.2 Å². The first-order chi connectivity index (χ1) is 18.7. The third-order valence-electron chi connectivity index (χ3n) is 7.04. The Morgan fingerprint density at radius 2 is 1.57 bits per heavy atom. The summed E-state index contributed by atoms with van der Waals surface area (Å²) in [5, 5.41) is 0. The van der Waals surface area contributed by atoms with Gasteiger partial charge in [0.25, 0.3) is 0 Å². The van der Waals surface area contributed by atoms with Crippen LogP contribution in [0.15, 0.2) is 52.3 Å². The SMILES string of the molecule is CC(C)(C)OCCC(C)(C)OC(=O)N1CCN(CCCN2c3ccccc3Sc3ccc(C(F)(F)F)cc32)CC1. The molecule has 0 aromatic heterocycles. The molecule has 0 atom stereocenters. The van der Waals surface area contributed by atoms with Crippen LogP contribution in [0.3, 0.4) is 0 Å². The van der Waals surface area contributed by atoms with Crippen LogP contribution in [-0.2, 0) is 15.7 Å². The molecule has 2 aromatic carbocycles. The van der Waals surface area contributed by atoms with Gasteiger partial charge in [-0.15, -0.1) is 0 Å². The summed E-state index contributed by atoms with van der Waals surface area (Å²) in [6.45, 7) is 14.3. The maximum atomic E-state index is 13.5. The number of anilines is 2. The second-order valence-corrected chi connectivity index (χ2v) is 13.0. The number of nitrogens with zero attached hydrogens (tertiary/aromatic N) is 3. The first-order valence-corrected chi connectivity index (χ1v) is 14.6. The molecule has 40 heavy (non-hydrogen) atoms. The Balaban J connectivity index is 1.29. The lowest BCUT2D eigenvalue weighted by Crippen LogP contribution is -2.50. The average Bonchev–Trinajstić information content (AvgIpc) is 2.86. The summed E-state index contributed by atoms with van der Waals surface area (Å²) in [7, 11) is 0.